The van der Waals surface area contributed by atoms with Gasteiger partial charge in [-0.1, -0.05) is 6.07 Å². The monoisotopic (exact) mass is 245 g/mol. The predicted molar refractivity (Wildman–Crippen MR) is 65.1 cm³/mol. The lowest BCUT2D eigenvalue weighted by Crippen LogP contribution is -1.81. The van der Waals surface area contributed by atoms with Gasteiger partial charge in [-0.05, 0) is 35.7 Å². The summed E-state index contributed by atoms with van der Waals surface area (Å²) in [6.07, 6.45) is 0. The Morgan fingerprint density at radius 3 is 2.65 bits per heavy atom. The van der Waals surface area contributed by atoms with E-state index in [2.05, 4.69) is 15.2 Å². The summed E-state index contributed by atoms with van der Waals surface area (Å²) in [5, 5.41) is 8.98. The van der Waals surface area contributed by atoms with E-state index >= 15 is 0 Å². The molecule has 0 radical (unpaired) electrons. The van der Waals surface area contributed by atoms with Crippen molar-refractivity contribution in [3.63, 3.8) is 0 Å². The van der Waals surface area contributed by atoms with Crippen LogP contribution in [0.1, 0.15) is 0 Å². The van der Waals surface area contributed by atoms with Crippen LogP contribution >= 0.6 is 11.3 Å². The van der Waals surface area contributed by atoms with E-state index in [1.807, 2.05) is 17.5 Å². The number of rotatable bonds is 2. The van der Waals surface area contributed by atoms with Crippen LogP contribution in [-0.4, -0.2) is 15.2 Å². The summed E-state index contributed by atoms with van der Waals surface area (Å²) < 4.78 is 12.8. The first kappa shape index (κ1) is 10.2. The van der Waals surface area contributed by atoms with Crippen LogP contribution in [0.2, 0.25) is 0 Å². The number of thiophene rings is 1. The maximum Gasteiger partial charge on any atom is 0.181 e. The lowest BCUT2D eigenvalue weighted by atomic mass is 10.2. The molecule has 0 bridgehead atoms. The number of nitrogens with one attached hydrogen (secondary N) is 1. The maximum absolute atomic E-state index is 12.8. The summed E-state index contributed by atoms with van der Waals surface area (Å²) in [4.78, 5) is 5.41. The van der Waals surface area contributed by atoms with E-state index in [4.69, 9.17) is 0 Å². The highest BCUT2D eigenvalue weighted by Gasteiger charge is 2.08. The van der Waals surface area contributed by atoms with E-state index in [0.717, 1.165) is 16.3 Å². The molecule has 0 saturated carbocycles. The average Bonchev–Trinajstić information content (AvgIpc) is 3.00. The molecule has 0 spiro atoms. The standard InChI is InChI=1S/C12H8FN3S/c13-9-5-3-8(4-6-9)11-14-12(16-15-11)10-2-1-7-17-10/h1-7H,(H,14,15,16). The van der Waals surface area contributed by atoms with Crippen molar-refractivity contribution in [3.8, 4) is 22.1 Å². The molecular weight excluding hydrogens is 237 g/mol. The van der Waals surface area contributed by atoms with Crippen molar-refractivity contribution >= 4 is 11.3 Å². The Morgan fingerprint density at radius 2 is 1.94 bits per heavy atom. The van der Waals surface area contributed by atoms with E-state index in [1.54, 1.807) is 23.5 Å². The van der Waals surface area contributed by atoms with Crippen LogP contribution in [0.5, 0.6) is 0 Å². The van der Waals surface area contributed by atoms with Gasteiger partial charge in [0.2, 0.25) is 0 Å². The molecule has 0 unspecified atom stereocenters. The van der Waals surface area contributed by atoms with Crippen LogP contribution < -0.4 is 0 Å². The fourth-order valence-corrected chi connectivity index (χ4v) is 2.18. The minimum atomic E-state index is -0.261. The van der Waals surface area contributed by atoms with Crippen LogP contribution in [0.4, 0.5) is 4.39 Å². The quantitative estimate of drug-likeness (QED) is 0.752. The second-order valence-corrected chi connectivity index (χ2v) is 4.44. The van der Waals surface area contributed by atoms with Crippen LogP contribution in [0.3, 0.4) is 0 Å². The molecule has 0 aliphatic carbocycles. The third-order valence-corrected chi connectivity index (χ3v) is 3.22. The van der Waals surface area contributed by atoms with E-state index in [-0.39, 0.29) is 5.82 Å². The summed E-state index contributed by atoms with van der Waals surface area (Å²) in [5.41, 5.74) is 0.797. The number of aromatic nitrogens is 3. The summed E-state index contributed by atoms with van der Waals surface area (Å²) in [6, 6.07) is 10.1. The maximum atomic E-state index is 12.8. The minimum Gasteiger partial charge on any atom is -0.258 e. The molecule has 1 aromatic carbocycles. The van der Waals surface area contributed by atoms with Crippen molar-refractivity contribution in [1.29, 1.82) is 0 Å². The molecule has 17 heavy (non-hydrogen) atoms. The van der Waals surface area contributed by atoms with Crippen LogP contribution in [0, 0.1) is 5.82 Å². The van der Waals surface area contributed by atoms with E-state index < -0.39 is 0 Å². The zero-order valence-corrected chi connectivity index (χ0v) is 9.54. The minimum absolute atomic E-state index is 0.261. The Hall–Kier alpha value is -2.01. The first-order valence-corrected chi connectivity index (χ1v) is 5.93. The summed E-state index contributed by atoms with van der Waals surface area (Å²) in [6.45, 7) is 0. The van der Waals surface area contributed by atoms with Gasteiger partial charge in [0.05, 0.1) is 4.88 Å². The molecule has 84 valence electrons. The summed E-state index contributed by atoms with van der Waals surface area (Å²) in [5.74, 6) is 1.05. The molecule has 0 aliphatic heterocycles. The molecule has 2 heterocycles. The van der Waals surface area contributed by atoms with Gasteiger partial charge < -0.3 is 0 Å². The highest BCUT2D eigenvalue weighted by atomic mass is 32.1. The molecule has 3 rings (SSSR count). The van der Waals surface area contributed by atoms with Crippen molar-refractivity contribution in [2.75, 3.05) is 0 Å². The molecule has 0 fully saturated rings. The van der Waals surface area contributed by atoms with Crippen molar-refractivity contribution < 1.29 is 4.39 Å². The predicted octanol–water partition coefficient (Wildman–Crippen LogP) is 3.34. The van der Waals surface area contributed by atoms with Crippen LogP contribution in [-0.2, 0) is 0 Å². The number of halogens is 1. The Kier molecular flexibility index (Phi) is 2.45. The number of benzene rings is 1. The van der Waals surface area contributed by atoms with E-state index in [9.17, 15) is 4.39 Å². The zero-order valence-electron chi connectivity index (χ0n) is 8.72. The molecular formula is C12H8FN3S. The SMILES string of the molecule is Fc1ccc(-c2n[nH]c(-c3cccs3)n2)cc1. The molecule has 0 aliphatic rings. The third kappa shape index (κ3) is 1.97. The van der Waals surface area contributed by atoms with Gasteiger partial charge in [0.15, 0.2) is 11.6 Å². The Bertz CT molecular complexity index is 614. The second-order valence-electron chi connectivity index (χ2n) is 3.49. The smallest absolute Gasteiger partial charge is 0.181 e. The van der Waals surface area contributed by atoms with Gasteiger partial charge in [-0.15, -0.1) is 11.3 Å². The first-order valence-electron chi connectivity index (χ1n) is 5.05. The number of aromatic amines is 1. The molecule has 3 nitrogen and oxygen atoms in total. The van der Waals surface area contributed by atoms with Crippen molar-refractivity contribution in [2.24, 2.45) is 0 Å². The van der Waals surface area contributed by atoms with Gasteiger partial charge in [0, 0.05) is 5.56 Å². The van der Waals surface area contributed by atoms with Crippen molar-refractivity contribution in [2.45, 2.75) is 0 Å². The average molecular weight is 245 g/mol. The highest BCUT2D eigenvalue weighted by molar-refractivity contribution is 7.13. The van der Waals surface area contributed by atoms with Gasteiger partial charge in [-0.3, -0.25) is 5.10 Å². The van der Waals surface area contributed by atoms with E-state index in [1.165, 1.54) is 12.1 Å². The molecule has 0 saturated heterocycles. The second kappa shape index (κ2) is 4.10. The van der Waals surface area contributed by atoms with Crippen molar-refractivity contribution in [1.82, 2.24) is 15.2 Å². The Labute approximate surface area is 101 Å². The first-order chi connectivity index (χ1) is 8.33. The van der Waals surface area contributed by atoms with Crippen LogP contribution in [0.25, 0.3) is 22.1 Å². The van der Waals surface area contributed by atoms with E-state index in [0.29, 0.717) is 5.82 Å². The lowest BCUT2D eigenvalue weighted by molar-refractivity contribution is 0.628. The number of hydrogen-bond donors (Lipinski definition) is 1. The molecule has 3 aromatic rings. The summed E-state index contributed by atoms with van der Waals surface area (Å²) in [7, 11) is 0. The molecule has 2 aromatic heterocycles. The van der Waals surface area contributed by atoms with Crippen LogP contribution in [0.15, 0.2) is 41.8 Å². The van der Waals surface area contributed by atoms with Gasteiger partial charge >= 0.3 is 0 Å². The Balaban J connectivity index is 1.98. The fourth-order valence-electron chi connectivity index (χ4n) is 1.51. The third-order valence-electron chi connectivity index (χ3n) is 2.34. The lowest BCUT2D eigenvalue weighted by Gasteiger charge is -1.93. The molecule has 0 atom stereocenters. The van der Waals surface area contributed by atoms with Gasteiger partial charge in [-0.25, -0.2) is 9.37 Å². The molecule has 1 N–H and O–H groups in total. The van der Waals surface area contributed by atoms with Gasteiger partial charge in [-0.2, -0.15) is 5.10 Å². The molecule has 5 heteroatoms. The van der Waals surface area contributed by atoms with Gasteiger partial charge in [0.25, 0.3) is 0 Å². The zero-order chi connectivity index (χ0) is 11.7. The Morgan fingerprint density at radius 1 is 1.12 bits per heavy atom. The normalized spacial score (nSPS) is 10.6. The topological polar surface area (TPSA) is 41.6 Å². The number of H-pyrrole nitrogens is 1. The number of nitrogens with zero attached hydrogens (tertiary/aromatic N) is 2. The van der Waals surface area contributed by atoms with Crippen molar-refractivity contribution in [3.05, 3.63) is 47.6 Å². The summed E-state index contributed by atoms with van der Waals surface area (Å²) >= 11 is 1.59. The molecule has 0 amide bonds. The largest absolute Gasteiger partial charge is 0.258 e. The fraction of sp³-hybridized carbons (Fsp3) is 0. The number of hydrogen-bond acceptors (Lipinski definition) is 3. The highest BCUT2D eigenvalue weighted by Crippen LogP contribution is 2.23. The van der Waals surface area contributed by atoms with Gasteiger partial charge in [0.1, 0.15) is 5.82 Å².